The smallest absolute Gasteiger partial charge is 0.123 e. The van der Waals surface area contributed by atoms with Crippen LogP contribution in [0.5, 0.6) is 0 Å². The maximum Gasteiger partial charge on any atom is 0.123 e. The fourth-order valence-electron chi connectivity index (χ4n) is 2.09. The highest BCUT2D eigenvalue weighted by Gasteiger charge is 2.09. The van der Waals surface area contributed by atoms with Gasteiger partial charge in [0.05, 0.1) is 11.8 Å². The molecule has 0 aliphatic carbocycles. The summed E-state index contributed by atoms with van der Waals surface area (Å²) in [6.07, 6.45) is -0.492. The third kappa shape index (κ3) is 3.58. The largest absolute Gasteiger partial charge is 0.389 e. The van der Waals surface area contributed by atoms with Crippen LogP contribution in [0.4, 0.5) is 10.1 Å². The number of anilines is 1. The Morgan fingerprint density at radius 1 is 1.25 bits per heavy atom. The van der Waals surface area contributed by atoms with E-state index in [1.165, 1.54) is 12.1 Å². The van der Waals surface area contributed by atoms with E-state index in [1.54, 1.807) is 13.0 Å². The fourth-order valence-corrected chi connectivity index (χ4v) is 2.79. The number of hydrogen-bond acceptors (Lipinski definition) is 2. The van der Waals surface area contributed by atoms with Crippen molar-refractivity contribution in [2.45, 2.75) is 19.6 Å². The van der Waals surface area contributed by atoms with Crippen LogP contribution in [-0.4, -0.2) is 12.2 Å². The normalized spacial score (nSPS) is 12.2. The second-order valence-electron chi connectivity index (χ2n) is 4.87. The molecule has 1 atom stereocenters. The molecule has 106 valence electrons. The summed E-state index contributed by atoms with van der Waals surface area (Å²) in [5, 5.41) is 9.57. The first kappa shape index (κ1) is 15.0. The molecule has 4 heteroatoms. The molecule has 1 unspecified atom stereocenters. The van der Waals surface area contributed by atoms with Crippen molar-refractivity contribution < 1.29 is 9.50 Å². The van der Waals surface area contributed by atoms with Crippen LogP contribution < -0.4 is 4.90 Å². The number of benzene rings is 2. The molecule has 2 nitrogen and oxygen atoms in total. The second-order valence-corrected chi connectivity index (χ2v) is 5.73. The Kier molecular flexibility index (Phi) is 4.78. The summed E-state index contributed by atoms with van der Waals surface area (Å²) in [4.78, 5) is 2.03. The Morgan fingerprint density at radius 3 is 2.60 bits per heavy atom. The van der Waals surface area contributed by atoms with Gasteiger partial charge in [-0.1, -0.05) is 18.2 Å². The summed E-state index contributed by atoms with van der Waals surface area (Å²) in [6, 6.07) is 12.3. The van der Waals surface area contributed by atoms with Gasteiger partial charge in [0, 0.05) is 18.1 Å². The molecular weight excluding hydrogens is 321 g/mol. The molecule has 1 N–H and O–H groups in total. The van der Waals surface area contributed by atoms with Gasteiger partial charge in [-0.3, -0.25) is 0 Å². The molecule has 0 bridgehead atoms. The number of halogens is 2. The zero-order valence-electron chi connectivity index (χ0n) is 11.5. The summed E-state index contributed by atoms with van der Waals surface area (Å²) in [5.74, 6) is -0.223. The van der Waals surface area contributed by atoms with Gasteiger partial charge < -0.3 is 10.0 Å². The van der Waals surface area contributed by atoms with Gasteiger partial charge in [-0.2, -0.15) is 0 Å². The topological polar surface area (TPSA) is 23.5 Å². The van der Waals surface area contributed by atoms with Crippen LogP contribution in [0.25, 0.3) is 0 Å². The Labute approximate surface area is 127 Å². The highest BCUT2D eigenvalue weighted by Crippen LogP contribution is 2.29. The van der Waals surface area contributed by atoms with Crippen molar-refractivity contribution in [3.8, 4) is 0 Å². The molecule has 2 rings (SSSR count). The van der Waals surface area contributed by atoms with Crippen LogP contribution in [0.15, 0.2) is 46.9 Å². The second kappa shape index (κ2) is 6.37. The molecule has 2 aromatic rings. The highest BCUT2D eigenvalue weighted by atomic mass is 79.9. The number of aliphatic hydroxyl groups is 1. The van der Waals surface area contributed by atoms with Crippen LogP contribution in [0, 0.1) is 5.82 Å². The Hall–Kier alpha value is -1.39. The van der Waals surface area contributed by atoms with E-state index in [0.717, 1.165) is 21.3 Å². The minimum Gasteiger partial charge on any atom is -0.389 e. The van der Waals surface area contributed by atoms with Crippen molar-refractivity contribution in [3.05, 3.63) is 63.9 Å². The van der Waals surface area contributed by atoms with E-state index in [-0.39, 0.29) is 5.82 Å². The van der Waals surface area contributed by atoms with E-state index >= 15 is 0 Å². The lowest BCUT2D eigenvalue weighted by molar-refractivity contribution is 0.199. The van der Waals surface area contributed by atoms with Gasteiger partial charge in [0.2, 0.25) is 0 Å². The first-order valence-corrected chi connectivity index (χ1v) is 7.20. The maximum absolute atomic E-state index is 13.2. The Morgan fingerprint density at radius 2 is 2.00 bits per heavy atom. The van der Waals surface area contributed by atoms with Gasteiger partial charge in [0.25, 0.3) is 0 Å². The van der Waals surface area contributed by atoms with Gasteiger partial charge in [0.1, 0.15) is 5.82 Å². The lowest BCUT2D eigenvalue weighted by Crippen LogP contribution is -2.17. The van der Waals surface area contributed by atoms with Gasteiger partial charge in [0.15, 0.2) is 0 Å². The van der Waals surface area contributed by atoms with Crippen LogP contribution >= 0.6 is 15.9 Å². The first-order chi connectivity index (χ1) is 9.47. The highest BCUT2D eigenvalue weighted by molar-refractivity contribution is 9.10. The Balaban J connectivity index is 2.19. The quantitative estimate of drug-likeness (QED) is 0.900. The van der Waals surface area contributed by atoms with Crippen molar-refractivity contribution in [1.29, 1.82) is 0 Å². The van der Waals surface area contributed by atoms with Gasteiger partial charge in [-0.25, -0.2) is 4.39 Å². The van der Waals surface area contributed by atoms with Gasteiger partial charge in [-0.15, -0.1) is 0 Å². The molecule has 0 aliphatic rings. The molecule has 0 spiro atoms. The van der Waals surface area contributed by atoms with E-state index in [0.29, 0.717) is 6.54 Å². The van der Waals surface area contributed by atoms with E-state index in [9.17, 15) is 9.50 Å². The molecule has 0 saturated carbocycles. The third-order valence-corrected chi connectivity index (χ3v) is 3.81. The van der Waals surface area contributed by atoms with E-state index in [4.69, 9.17) is 0 Å². The lowest BCUT2D eigenvalue weighted by atomic mass is 10.1. The molecule has 0 heterocycles. The maximum atomic E-state index is 13.2. The fraction of sp³-hybridized carbons (Fsp3) is 0.250. The summed E-state index contributed by atoms with van der Waals surface area (Å²) in [7, 11) is 1.95. The minimum atomic E-state index is -0.492. The average molecular weight is 338 g/mol. The summed E-state index contributed by atoms with van der Waals surface area (Å²) >= 11 is 3.52. The van der Waals surface area contributed by atoms with Gasteiger partial charge in [-0.05, 0) is 58.2 Å². The molecule has 0 amide bonds. The lowest BCUT2D eigenvalue weighted by Gasteiger charge is -2.22. The summed E-state index contributed by atoms with van der Waals surface area (Å²) in [6.45, 7) is 2.35. The zero-order valence-corrected chi connectivity index (χ0v) is 13.1. The van der Waals surface area contributed by atoms with Crippen LogP contribution in [0.3, 0.4) is 0 Å². The van der Waals surface area contributed by atoms with Crippen molar-refractivity contribution >= 4 is 21.6 Å². The monoisotopic (exact) mass is 337 g/mol. The SMILES string of the molecule is CC(O)c1ccc(N(C)Cc2cccc(F)c2)c(Br)c1. The molecule has 0 aliphatic heterocycles. The molecule has 20 heavy (non-hydrogen) atoms. The number of rotatable bonds is 4. The van der Waals surface area contributed by atoms with Crippen molar-refractivity contribution in [2.75, 3.05) is 11.9 Å². The average Bonchev–Trinajstić information content (AvgIpc) is 2.38. The predicted octanol–water partition coefficient (Wildman–Crippen LogP) is 4.28. The Bertz CT molecular complexity index is 601. The summed E-state index contributed by atoms with van der Waals surface area (Å²) < 4.78 is 14.1. The van der Waals surface area contributed by atoms with Crippen LogP contribution in [-0.2, 0) is 6.54 Å². The molecule has 0 radical (unpaired) electrons. The van der Waals surface area contributed by atoms with E-state index < -0.39 is 6.10 Å². The molecule has 0 fully saturated rings. The van der Waals surface area contributed by atoms with E-state index in [2.05, 4.69) is 15.9 Å². The number of nitrogens with zero attached hydrogens (tertiary/aromatic N) is 1. The molecule has 2 aromatic carbocycles. The standard InChI is InChI=1S/C16H17BrFNO/c1-11(20)13-6-7-16(15(17)9-13)19(2)10-12-4-3-5-14(18)8-12/h3-9,11,20H,10H2,1-2H3. The van der Waals surface area contributed by atoms with Crippen molar-refractivity contribution in [1.82, 2.24) is 0 Å². The minimum absolute atomic E-state index is 0.223. The number of hydrogen-bond donors (Lipinski definition) is 1. The first-order valence-electron chi connectivity index (χ1n) is 6.40. The van der Waals surface area contributed by atoms with Crippen molar-refractivity contribution in [3.63, 3.8) is 0 Å². The van der Waals surface area contributed by atoms with Crippen LogP contribution in [0.2, 0.25) is 0 Å². The predicted molar refractivity (Wildman–Crippen MR) is 83.3 cm³/mol. The van der Waals surface area contributed by atoms with Gasteiger partial charge >= 0.3 is 0 Å². The number of aliphatic hydroxyl groups excluding tert-OH is 1. The van der Waals surface area contributed by atoms with E-state index in [1.807, 2.05) is 36.2 Å². The molecule has 0 saturated heterocycles. The third-order valence-electron chi connectivity index (χ3n) is 3.17. The van der Waals surface area contributed by atoms with Crippen LogP contribution in [0.1, 0.15) is 24.2 Å². The van der Waals surface area contributed by atoms with Crippen molar-refractivity contribution in [2.24, 2.45) is 0 Å². The molecular formula is C16H17BrFNO. The molecule has 0 aromatic heterocycles. The zero-order chi connectivity index (χ0) is 14.7. The summed E-state index contributed by atoms with van der Waals surface area (Å²) in [5.41, 5.74) is 2.78.